The van der Waals surface area contributed by atoms with Crippen LogP contribution in [0.5, 0.6) is 0 Å². The van der Waals surface area contributed by atoms with Crippen molar-refractivity contribution in [2.24, 2.45) is 5.41 Å². The van der Waals surface area contributed by atoms with E-state index in [9.17, 15) is 20.2 Å². The molecule has 0 aromatic heterocycles. The van der Waals surface area contributed by atoms with Crippen LogP contribution in [0, 0.1) is 25.6 Å². The summed E-state index contributed by atoms with van der Waals surface area (Å²) in [4.78, 5) is 28.5. The fourth-order valence-electron chi connectivity index (χ4n) is 15.8. The molecule has 6 aliphatic rings. The summed E-state index contributed by atoms with van der Waals surface area (Å²) in [6.07, 6.45) is 26.4. The van der Waals surface area contributed by atoms with Gasteiger partial charge in [0, 0.05) is 108 Å². The lowest BCUT2D eigenvalue weighted by molar-refractivity contribution is -0.448. The molecule has 6 aromatic rings. The van der Waals surface area contributed by atoms with Gasteiger partial charge in [0.2, 0.25) is 11.4 Å². The number of anilines is 2. The van der Waals surface area contributed by atoms with Gasteiger partial charge in [0.05, 0.1) is 29.6 Å². The van der Waals surface area contributed by atoms with E-state index in [0.717, 1.165) is 99.8 Å². The molecule has 0 N–H and O–H groups in total. The molecule has 2 spiro atoms. The third kappa shape index (κ3) is 8.90. The highest BCUT2D eigenvalue weighted by Gasteiger charge is 2.51. The van der Waals surface area contributed by atoms with Crippen molar-refractivity contribution >= 4 is 99.0 Å². The second kappa shape index (κ2) is 20.4. The molecule has 0 radical (unpaired) electrons. The number of nitrogens with zero attached hydrogens (tertiary/aromatic N) is 6. The lowest BCUT2D eigenvalue weighted by atomic mass is 9.68. The summed E-state index contributed by atoms with van der Waals surface area (Å²) in [5, 5.41) is 29.6. The van der Waals surface area contributed by atoms with Crippen LogP contribution >= 0.6 is 31.9 Å². The lowest BCUT2D eigenvalue weighted by Gasteiger charge is -2.36. The molecule has 12 heteroatoms. The molecule has 10 nitrogen and oxygen atoms in total. The number of nitro benzene ring substituents is 2. The van der Waals surface area contributed by atoms with Crippen molar-refractivity contribution in [3.05, 3.63) is 196 Å². The maximum absolute atomic E-state index is 12.3. The zero-order chi connectivity index (χ0) is 57.0. The van der Waals surface area contributed by atoms with Crippen molar-refractivity contribution in [3.63, 3.8) is 0 Å². The fraction of sp³-hybridized carbons (Fsp3) is 0.391. The van der Waals surface area contributed by atoms with Crippen LogP contribution < -0.4 is 9.80 Å². The summed E-state index contributed by atoms with van der Waals surface area (Å²) in [5.41, 5.74) is 13.5. The van der Waals surface area contributed by atoms with E-state index in [-0.39, 0.29) is 48.3 Å². The second-order valence-corrected chi connectivity index (χ2v) is 27.4. The summed E-state index contributed by atoms with van der Waals surface area (Å²) >= 11 is 7.08. The molecule has 416 valence electrons. The first-order chi connectivity index (χ1) is 38.7. The van der Waals surface area contributed by atoms with Gasteiger partial charge in [0.15, 0.2) is 11.4 Å². The molecule has 81 heavy (non-hydrogen) atoms. The van der Waals surface area contributed by atoms with Gasteiger partial charge in [0.1, 0.15) is 13.1 Å². The van der Waals surface area contributed by atoms with E-state index < -0.39 is 0 Å². The summed E-state index contributed by atoms with van der Waals surface area (Å²) in [6.45, 7) is 16.1. The predicted molar refractivity (Wildman–Crippen MR) is 339 cm³/mol. The Morgan fingerprint density at radius 1 is 0.568 bits per heavy atom. The molecule has 2 fully saturated rings. The Hall–Kier alpha value is -6.50. The number of fused-ring (bicyclic) bond motifs is 10. The van der Waals surface area contributed by atoms with Gasteiger partial charge in [0.25, 0.3) is 11.4 Å². The Labute approximate surface area is 493 Å². The minimum atomic E-state index is -0.297. The number of rotatable bonds is 12. The van der Waals surface area contributed by atoms with Gasteiger partial charge in [-0.05, 0) is 160 Å². The normalized spacial score (nSPS) is 20.6. The molecular weight excluding hydrogens is 1140 g/mol. The average Bonchev–Trinajstić information content (AvgIpc) is 4.22. The molecule has 2 aliphatic carbocycles. The molecule has 4 aliphatic heterocycles. The fourth-order valence-corrected chi connectivity index (χ4v) is 16.7. The Morgan fingerprint density at radius 2 is 0.951 bits per heavy atom. The highest BCUT2D eigenvalue weighted by atomic mass is 79.9. The van der Waals surface area contributed by atoms with Gasteiger partial charge in [-0.3, -0.25) is 20.2 Å². The number of nitro groups is 2. The SMILES string of the molecule is CN1/C(=C/C=C/C2=[N+](CCC(C)(C)CC[N+]3=C(/C=C/C=C4/N(C)c5cc(Br)c([N+](=O)[O-])cc5C45CCCCC5)C(C)(C)c4c3ccc3ccccc43)c3ccc4ccccc4c3C2(C)C)C2(CCCCC2)c2cc([N+](=O)[O-])c(Br)cc21. The topological polar surface area (TPSA) is 98.8 Å². The molecule has 0 bridgehead atoms. The first-order valence-corrected chi connectivity index (χ1v) is 30.9. The summed E-state index contributed by atoms with van der Waals surface area (Å²) < 4.78 is 6.23. The summed E-state index contributed by atoms with van der Waals surface area (Å²) in [7, 11) is 4.25. The van der Waals surface area contributed by atoms with Gasteiger partial charge in [-0.15, -0.1) is 0 Å². The maximum atomic E-state index is 12.3. The highest BCUT2D eigenvalue weighted by Crippen LogP contribution is 2.59. The van der Waals surface area contributed by atoms with Gasteiger partial charge in [-0.25, -0.2) is 0 Å². The quantitative estimate of drug-likeness (QED) is 0.0688. The monoisotopic (exact) mass is 1210 g/mol. The van der Waals surface area contributed by atoms with Crippen molar-refractivity contribution < 1.29 is 19.0 Å². The van der Waals surface area contributed by atoms with Gasteiger partial charge < -0.3 is 9.80 Å². The molecular formula is C69H74Br2N6O4+2. The maximum Gasteiger partial charge on any atom is 0.283 e. The number of halogens is 2. The third-order valence-electron chi connectivity index (χ3n) is 19.9. The van der Waals surface area contributed by atoms with Crippen LogP contribution in [0.1, 0.15) is 141 Å². The second-order valence-electron chi connectivity index (χ2n) is 25.7. The van der Waals surface area contributed by atoms with Crippen LogP contribution in [0.25, 0.3) is 21.5 Å². The highest BCUT2D eigenvalue weighted by molar-refractivity contribution is 9.11. The number of hydrogen-bond donors (Lipinski definition) is 0. The lowest BCUT2D eigenvalue weighted by Crippen LogP contribution is -2.32. The van der Waals surface area contributed by atoms with Crippen molar-refractivity contribution in [3.8, 4) is 0 Å². The molecule has 0 atom stereocenters. The minimum absolute atomic E-state index is 0.0493. The Kier molecular flexibility index (Phi) is 13.9. The molecule has 0 saturated heterocycles. The average molecular weight is 1210 g/mol. The first kappa shape index (κ1) is 55.1. The number of allylic oxidation sites excluding steroid dienone is 8. The number of likely N-dealkylation sites (N-methyl/N-ethyl adjacent to an activating group) is 2. The van der Waals surface area contributed by atoms with Gasteiger partial charge >= 0.3 is 0 Å². The zero-order valence-electron chi connectivity index (χ0n) is 48.2. The van der Waals surface area contributed by atoms with Crippen LogP contribution in [0.4, 0.5) is 34.1 Å². The van der Waals surface area contributed by atoms with E-state index in [2.05, 4.69) is 216 Å². The van der Waals surface area contributed by atoms with E-state index in [1.54, 1.807) is 0 Å². The van der Waals surface area contributed by atoms with E-state index in [0.29, 0.717) is 8.95 Å². The summed E-state index contributed by atoms with van der Waals surface area (Å²) in [5.74, 6) is 0. The van der Waals surface area contributed by atoms with Gasteiger partial charge in [-0.2, -0.15) is 9.15 Å². The molecule has 12 rings (SSSR count). The van der Waals surface area contributed by atoms with E-state index in [4.69, 9.17) is 0 Å². The van der Waals surface area contributed by atoms with Crippen LogP contribution in [-0.2, 0) is 21.7 Å². The molecule has 0 amide bonds. The molecule has 6 aromatic carbocycles. The Balaban J connectivity index is 0.890. The largest absolute Gasteiger partial charge is 0.347 e. The van der Waals surface area contributed by atoms with Crippen LogP contribution in [0.3, 0.4) is 0 Å². The molecule has 4 heterocycles. The van der Waals surface area contributed by atoms with Crippen molar-refractivity contribution in [1.29, 1.82) is 0 Å². The minimum Gasteiger partial charge on any atom is -0.347 e. The Morgan fingerprint density at radius 3 is 1.33 bits per heavy atom. The zero-order valence-corrected chi connectivity index (χ0v) is 51.3. The predicted octanol–water partition coefficient (Wildman–Crippen LogP) is 18.2. The first-order valence-electron chi connectivity index (χ1n) is 29.3. The number of hydrogen-bond acceptors (Lipinski definition) is 6. The van der Waals surface area contributed by atoms with Gasteiger partial charge in [-0.1, -0.05) is 113 Å². The smallest absolute Gasteiger partial charge is 0.283 e. The standard InChI is InChI=1S/C69H74Br2N6O4/c1-65(2,37-39-74-53-31-29-45-21-11-13-23-47(45)63(53)66(3,4)59(74)25-19-27-61-68(33-15-9-16-34-68)49-41-57(76(78)79)51(70)43-55(49)72(61)7)38-40-75-54-32-30-46-22-12-14-24-48(46)64(54)67(5,6)60(75)26-20-28-62-69(35-17-10-18-36-69)50-42-58(77(80)81)52(71)44-56(50)73(62)8/h11-14,19-32,41-44H,9-10,15-18,33-40H2,1-8H3/q+2. The van der Waals surface area contributed by atoms with Crippen LogP contribution in [0.2, 0.25) is 0 Å². The Bertz CT molecular complexity index is 3600. The van der Waals surface area contributed by atoms with Crippen molar-refractivity contribution in [1.82, 2.24) is 0 Å². The number of benzene rings is 6. The molecule has 2 saturated carbocycles. The van der Waals surface area contributed by atoms with Crippen molar-refractivity contribution in [2.45, 2.75) is 140 Å². The third-order valence-corrected chi connectivity index (χ3v) is 21.2. The van der Waals surface area contributed by atoms with E-state index in [1.807, 2.05) is 24.3 Å². The summed E-state index contributed by atoms with van der Waals surface area (Å²) in [6, 6.07) is 34.4. The van der Waals surface area contributed by atoms with E-state index >= 15 is 0 Å². The van der Waals surface area contributed by atoms with E-state index in [1.165, 1.54) is 79.7 Å². The van der Waals surface area contributed by atoms with Crippen LogP contribution in [-0.4, -0.2) is 57.6 Å². The molecule has 0 unspecified atom stereocenters. The van der Waals surface area contributed by atoms with Crippen LogP contribution in [0.15, 0.2) is 154 Å². The van der Waals surface area contributed by atoms with Crippen molar-refractivity contribution in [2.75, 3.05) is 37.0 Å².